The zero-order valence-corrected chi connectivity index (χ0v) is 7.27. The van der Waals surface area contributed by atoms with Crippen LogP contribution in [-0.2, 0) is 6.54 Å². The van der Waals surface area contributed by atoms with Crippen LogP contribution in [0.25, 0.3) is 0 Å². The van der Waals surface area contributed by atoms with Crippen molar-refractivity contribution in [1.82, 2.24) is 10.5 Å². The lowest BCUT2D eigenvalue weighted by atomic mass is 10.2. The number of rotatable bonds is 3. The first-order valence-electron chi connectivity index (χ1n) is 3.88. The van der Waals surface area contributed by atoms with Gasteiger partial charge in [0, 0.05) is 12.1 Å². The van der Waals surface area contributed by atoms with Gasteiger partial charge in [0.05, 0.1) is 5.69 Å². The molecule has 1 aromatic rings. The first-order chi connectivity index (χ1) is 5.25. The van der Waals surface area contributed by atoms with Crippen molar-refractivity contribution >= 4 is 0 Å². The highest BCUT2D eigenvalue weighted by Crippen LogP contribution is 2.10. The largest absolute Gasteiger partial charge is 0.361 e. The molecule has 0 aliphatic carbocycles. The number of aromatic nitrogens is 1. The molecule has 0 unspecified atom stereocenters. The van der Waals surface area contributed by atoms with Crippen molar-refractivity contribution in [3.05, 3.63) is 17.0 Å². The van der Waals surface area contributed by atoms with Crippen molar-refractivity contribution in [3.8, 4) is 0 Å². The maximum atomic E-state index is 5.00. The van der Waals surface area contributed by atoms with E-state index in [1.807, 2.05) is 13.8 Å². The summed E-state index contributed by atoms with van der Waals surface area (Å²) in [6.07, 6.45) is 0. The molecule has 62 valence electrons. The van der Waals surface area contributed by atoms with Crippen molar-refractivity contribution in [2.45, 2.75) is 27.3 Å². The van der Waals surface area contributed by atoms with Crippen LogP contribution in [-0.4, -0.2) is 11.7 Å². The maximum absolute atomic E-state index is 5.00. The lowest BCUT2D eigenvalue weighted by Crippen LogP contribution is -2.12. The first-order valence-corrected chi connectivity index (χ1v) is 3.88. The molecule has 0 aliphatic rings. The molecule has 0 atom stereocenters. The summed E-state index contributed by atoms with van der Waals surface area (Å²) >= 11 is 0. The van der Waals surface area contributed by atoms with E-state index in [1.165, 1.54) is 5.56 Å². The molecule has 0 saturated carbocycles. The number of nitrogens with one attached hydrogen (secondary N) is 1. The Balaban J connectivity index is 2.67. The van der Waals surface area contributed by atoms with E-state index < -0.39 is 0 Å². The molecule has 1 N–H and O–H groups in total. The number of nitrogens with zero attached hydrogens (tertiary/aromatic N) is 1. The quantitative estimate of drug-likeness (QED) is 0.715. The van der Waals surface area contributed by atoms with Crippen molar-refractivity contribution in [1.29, 1.82) is 0 Å². The molecule has 1 rings (SSSR count). The van der Waals surface area contributed by atoms with E-state index in [0.29, 0.717) is 0 Å². The molecule has 0 saturated heterocycles. The van der Waals surface area contributed by atoms with Gasteiger partial charge in [-0.1, -0.05) is 12.1 Å². The second-order valence-corrected chi connectivity index (χ2v) is 2.58. The SMILES string of the molecule is CCNCc1c(C)noc1C. The number of hydrogen-bond acceptors (Lipinski definition) is 3. The van der Waals surface area contributed by atoms with Gasteiger partial charge in [0.1, 0.15) is 5.76 Å². The minimum absolute atomic E-state index is 0.859. The van der Waals surface area contributed by atoms with Crippen LogP contribution in [0.1, 0.15) is 23.9 Å². The second kappa shape index (κ2) is 3.53. The fourth-order valence-corrected chi connectivity index (χ4v) is 1.00. The summed E-state index contributed by atoms with van der Waals surface area (Å²) < 4.78 is 5.00. The fourth-order valence-electron chi connectivity index (χ4n) is 1.00. The van der Waals surface area contributed by atoms with E-state index in [2.05, 4.69) is 17.4 Å². The average molecular weight is 154 g/mol. The van der Waals surface area contributed by atoms with Gasteiger partial charge in [0.25, 0.3) is 0 Å². The van der Waals surface area contributed by atoms with Crippen LogP contribution < -0.4 is 5.32 Å². The third-order valence-corrected chi connectivity index (χ3v) is 1.73. The monoisotopic (exact) mass is 154 g/mol. The Labute approximate surface area is 66.8 Å². The first kappa shape index (κ1) is 8.27. The predicted molar refractivity (Wildman–Crippen MR) is 43.4 cm³/mol. The average Bonchev–Trinajstić information content (AvgIpc) is 2.29. The van der Waals surface area contributed by atoms with E-state index in [-0.39, 0.29) is 0 Å². The molecule has 0 bridgehead atoms. The van der Waals surface area contributed by atoms with Gasteiger partial charge in [-0.05, 0) is 20.4 Å². The van der Waals surface area contributed by atoms with Gasteiger partial charge < -0.3 is 9.84 Å². The van der Waals surface area contributed by atoms with E-state index in [4.69, 9.17) is 4.52 Å². The summed E-state index contributed by atoms with van der Waals surface area (Å²) in [5.41, 5.74) is 2.18. The molecule has 3 nitrogen and oxygen atoms in total. The summed E-state index contributed by atoms with van der Waals surface area (Å²) in [5.74, 6) is 0.920. The highest BCUT2D eigenvalue weighted by Gasteiger charge is 2.06. The summed E-state index contributed by atoms with van der Waals surface area (Å²) in [6, 6.07) is 0. The fraction of sp³-hybridized carbons (Fsp3) is 0.625. The zero-order valence-electron chi connectivity index (χ0n) is 7.27. The van der Waals surface area contributed by atoms with Crippen LogP contribution in [0.2, 0.25) is 0 Å². The Morgan fingerprint density at radius 1 is 1.45 bits per heavy atom. The van der Waals surface area contributed by atoms with Crippen molar-refractivity contribution in [2.24, 2.45) is 0 Å². The number of aryl methyl sites for hydroxylation is 2. The normalized spacial score (nSPS) is 10.5. The third kappa shape index (κ3) is 1.80. The molecule has 0 fully saturated rings. The van der Waals surface area contributed by atoms with Crippen molar-refractivity contribution in [3.63, 3.8) is 0 Å². The molecular formula is C8H14N2O. The van der Waals surface area contributed by atoms with Gasteiger partial charge in [-0.15, -0.1) is 0 Å². The van der Waals surface area contributed by atoms with Crippen LogP contribution >= 0.6 is 0 Å². The summed E-state index contributed by atoms with van der Waals surface area (Å²) in [6.45, 7) is 7.82. The molecule has 0 radical (unpaired) electrons. The molecule has 0 spiro atoms. The summed E-state index contributed by atoms with van der Waals surface area (Å²) in [5, 5.41) is 7.09. The van der Waals surface area contributed by atoms with Gasteiger partial charge >= 0.3 is 0 Å². The Morgan fingerprint density at radius 2 is 2.18 bits per heavy atom. The minimum atomic E-state index is 0.859. The van der Waals surface area contributed by atoms with E-state index in [9.17, 15) is 0 Å². The Kier molecular flexibility index (Phi) is 2.65. The van der Waals surface area contributed by atoms with Crippen molar-refractivity contribution in [2.75, 3.05) is 6.54 Å². The Hall–Kier alpha value is -0.830. The summed E-state index contributed by atoms with van der Waals surface area (Å²) in [4.78, 5) is 0. The van der Waals surface area contributed by atoms with Crippen molar-refractivity contribution < 1.29 is 4.52 Å². The molecule has 11 heavy (non-hydrogen) atoms. The number of hydrogen-bond donors (Lipinski definition) is 1. The van der Waals surface area contributed by atoms with Crippen LogP contribution in [0.3, 0.4) is 0 Å². The standard InChI is InChI=1S/C8H14N2O/c1-4-9-5-8-6(2)10-11-7(8)3/h9H,4-5H2,1-3H3. The predicted octanol–water partition coefficient (Wildman–Crippen LogP) is 1.40. The Morgan fingerprint density at radius 3 is 2.64 bits per heavy atom. The van der Waals surface area contributed by atoms with Crippen LogP contribution in [0.4, 0.5) is 0 Å². The second-order valence-electron chi connectivity index (χ2n) is 2.58. The van der Waals surface area contributed by atoms with Crippen LogP contribution in [0.15, 0.2) is 4.52 Å². The molecule has 0 aromatic carbocycles. The lowest BCUT2D eigenvalue weighted by molar-refractivity contribution is 0.392. The molecule has 1 heterocycles. The lowest BCUT2D eigenvalue weighted by Gasteiger charge is -1.98. The maximum Gasteiger partial charge on any atom is 0.138 e. The third-order valence-electron chi connectivity index (χ3n) is 1.73. The zero-order chi connectivity index (χ0) is 8.27. The smallest absolute Gasteiger partial charge is 0.138 e. The van der Waals surface area contributed by atoms with Gasteiger partial charge in [-0.2, -0.15) is 0 Å². The molecule has 0 amide bonds. The molecule has 0 aliphatic heterocycles. The van der Waals surface area contributed by atoms with Gasteiger partial charge in [0.15, 0.2) is 0 Å². The molecule has 3 heteroatoms. The highest BCUT2D eigenvalue weighted by atomic mass is 16.5. The van der Waals surface area contributed by atoms with Crippen LogP contribution in [0.5, 0.6) is 0 Å². The van der Waals surface area contributed by atoms with Gasteiger partial charge in [0.2, 0.25) is 0 Å². The van der Waals surface area contributed by atoms with Gasteiger partial charge in [-0.3, -0.25) is 0 Å². The van der Waals surface area contributed by atoms with Gasteiger partial charge in [-0.25, -0.2) is 0 Å². The van der Waals surface area contributed by atoms with E-state index >= 15 is 0 Å². The Bertz CT molecular complexity index is 210. The minimum Gasteiger partial charge on any atom is -0.361 e. The van der Waals surface area contributed by atoms with Crippen LogP contribution in [0, 0.1) is 13.8 Å². The summed E-state index contributed by atoms with van der Waals surface area (Å²) in [7, 11) is 0. The topological polar surface area (TPSA) is 38.1 Å². The van der Waals surface area contributed by atoms with E-state index in [0.717, 1.165) is 24.5 Å². The highest BCUT2D eigenvalue weighted by molar-refractivity contribution is 5.20. The van der Waals surface area contributed by atoms with E-state index in [1.54, 1.807) is 0 Å². The molecule has 1 aromatic heterocycles. The molecular weight excluding hydrogens is 140 g/mol.